The minimum Gasteiger partial charge on any atom is -0.398 e. The molecule has 3 aromatic rings. The molecule has 0 unspecified atom stereocenters. The summed E-state index contributed by atoms with van der Waals surface area (Å²) >= 11 is 0. The van der Waals surface area contributed by atoms with Gasteiger partial charge in [0.2, 0.25) is 0 Å². The number of imidazole rings is 1. The van der Waals surface area contributed by atoms with E-state index in [1.165, 1.54) is 12.1 Å². The number of aromatic nitrogens is 2. The van der Waals surface area contributed by atoms with Crippen molar-refractivity contribution < 1.29 is 8.78 Å². The van der Waals surface area contributed by atoms with Gasteiger partial charge in [0.15, 0.2) is 0 Å². The first-order chi connectivity index (χ1) is 20.9. The molecule has 3 rings (SSSR count). The Morgan fingerprint density at radius 3 is 2.20 bits per heavy atom. The van der Waals surface area contributed by atoms with Gasteiger partial charge in [-0.05, 0) is 61.4 Å². The predicted octanol–water partition coefficient (Wildman–Crippen LogP) is 9.69. The van der Waals surface area contributed by atoms with Crippen LogP contribution in [0.2, 0.25) is 0 Å². The first-order valence-corrected chi connectivity index (χ1v) is 14.4. The fraction of sp³-hybridized carbons (Fsp3) is 0.237. The number of aromatic amines is 1. The van der Waals surface area contributed by atoms with Crippen LogP contribution in [0, 0.1) is 36.8 Å². The van der Waals surface area contributed by atoms with Crippen molar-refractivity contribution in [3.8, 4) is 12.8 Å². The van der Waals surface area contributed by atoms with Crippen LogP contribution in [0.4, 0.5) is 14.5 Å². The smallest absolute Gasteiger partial charge is 0.136 e. The number of H-pyrrole nitrogens is 1. The molecule has 232 valence electrons. The molecule has 1 aromatic heterocycles. The van der Waals surface area contributed by atoms with E-state index in [1.54, 1.807) is 36.4 Å². The summed E-state index contributed by atoms with van der Waals surface area (Å²) in [5.41, 5.74) is 12.4. The van der Waals surface area contributed by atoms with Gasteiger partial charge < -0.3 is 16.0 Å². The number of aryl methyl sites for hydroxylation is 1. The molecule has 0 amide bonds. The van der Waals surface area contributed by atoms with Crippen molar-refractivity contribution in [2.75, 3.05) is 5.73 Å². The summed E-state index contributed by atoms with van der Waals surface area (Å²) < 4.78 is 29.6. The summed E-state index contributed by atoms with van der Waals surface area (Å²) in [6, 6.07) is 9.56. The van der Waals surface area contributed by atoms with Gasteiger partial charge in [-0.15, -0.1) is 12.8 Å². The Balaban J connectivity index is 0.00000232. The average molecular weight is 597 g/mol. The Kier molecular flexibility index (Phi) is 14.6. The van der Waals surface area contributed by atoms with E-state index in [0.29, 0.717) is 39.6 Å². The second kappa shape index (κ2) is 17.3. The monoisotopic (exact) mass is 596 g/mol. The summed E-state index contributed by atoms with van der Waals surface area (Å²) in [6.07, 6.45) is 17.0. The van der Waals surface area contributed by atoms with Crippen LogP contribution in [0.15, 0.2) is 97.9 Å². The average Bonchev–Trinajstić information content (AvgIpc) is 3.37. The summed E-state index contributed by atoms with van der Waals surface area (Å²) in [5, 5.41) is 3.29. The number of nitrogens with two attached hydrogens (primary N) is 1. The Morgan fingerprint density at radius 2 is 1.68 bits per heavy atom. The molecule has 0 atom stereocenters. The van der Waals surface area contributed by atoms with Crippen LogP contribution in [-0.4, -0.2) is 9.97 Å². The zero-order valence-electron chi connectivity index (χ0n) is 27.1. The number of hydrogen-bond donors (Lipinski definition) is 3. The molecule has 0 aliphatic carbocycles. The van der Waals surface area contributed by atoms with Crippen molar-refractivity contribution >= 4 is 16.8 Å². The Labute approximate surface area is 262 Å². The molecule has 0 saturated heterocycles. The van der Waals surface area contributed by atoms with Gasteiger partial charge in [-0.1, -0.05) is 84.7 Å². The van der Waals surface area contributed by atoms with Gasteiger partial charge in [-0.3, -0.25) is 0 Å². The number of allylic oxidation sites excluding steroid dienone is 7. The van der Waals surface area contributed by atoms with Gasteiger partial charge in [-0.25, -0.2) is 13.8 Å². The highest BCUT2D eigenvalue weighted by Gasteiger charge is 2.19. The van der Waals surface area contributed by atoms with Crippen LogP contribution in [0.3, 0.4) is 0 Å². The van der Waals surface area contributed by atoms with Crippen molar-refractivity contribution in [1.82, 2.24) is 15.3 Å². The second-order valence-corrected chi connectivity index (χ2v) is 10.6. The topological polar surface area (TPSA) is 66.7 Å². The molecule has 0 bridgehead atoms. The van der Waals surface area contributed by atoms with Gasteiger partial charge in [0, 0.05) is 51.3 Å². The lowest BCUT2D eigenvalue weighted by Gasteiger charge is -2.24. The van der Waals surface area contributed by atoms with Crippen LogP contribution in [0.25, 0.3) is 11.1 Å². The van der Waals surface area contributed by atoms with Crippen LogP contribution < -0.4 is 11.1 Å². The van der Waals surface area contributed by atoms with Crippen LogP contribution in [0.5, 0.6) is 0 Å². The molecule has 6 heteroatoms. The molecule has 0 fully saturated rings. The number of hydrogen-bond acceptors (Lipinski definition) is 3. The lowest BCUT2D eigenvalue weighted by atomic mass is 9.92. The zero-order valence-corrected chi connectivity index (χ0v) is 27.1. The van der Waals surface area contributed by atoms with Crippen molar-refractivity contribution in [2.24, 2.45) is 5.41 Å². The minimum atomic E-state index is -0.418. The van der Waals surface area contributed by atoms with Crippen molar-refractivity contribution in [2.45, 2.75) is 54.9 Å². The molecule has 0 radical (unpaired) electrons. The van der Waals surface area contributed by atoms with Crippen molar-refractivity contribution in [3.05, 3.63) is 143 Å². The molecule has 4 N–H and O–H groups in total. The highest BCUT2D eigenvalue weighted by atomic mass is 19.1. The molecule has 0 aliphatic rings. The largest absolute Gasteiger partial charge is 0.398 e. The van der Waals surface area contributed by atoms with E-state index in [9.17, 15) is 4.39 Å². The standard InChI is InChI=1S/C34H38F2N4.C2H6.C2H2/c1-9-12-28(24-13-15-25(35)16-14-24)33-21(4)38-31(40-33)20-29-30(37)18-17-27(32(29)36)23(10-2)19-26(11-3)39-22(5)34(6,7)8;2*1-2/h9-19,39H,1,3,5,20,37H2,2,4,6-8H3,(H,38,40);1-2H3;1-2H/b23-10+,26-19+,28-12-;;. The molecular weight excluding hydrogens is 550 g/mol. The number of nitrogens with zero attached hydrogens (tertiary/aromatic N) is 1. The van der Waals surface area contributed by atoms with Gasteiger partial charge in [0.25, 0.3) is 0 Å². The van der Waals surface area contributed by atoms with E-state index in [4.69, 9.17) is 10.7 Å². The van der Waals surface area contributed by atoms with Crippen LogP contribution >= 0.6 is 0 Å². The quantitative estimate of drug-likeness (QED) is 0.124. The number of nitrogens with one attached hydrogen (secondary N) is 2. The maximum atomic E-state index is 16.0. The third-order valence-corrected chi connectivity index (χ3v) is 6.61. The molecule has 0 saturated carbocycles. The number of nitrogen functional groups attached to an aromatic ring is 1. The number of rotatable bonds is 10. The lowest BCUT2D eigenvalue weighted by molar-refractivity contribution is 0.478. The maximum absolute atomic E-state index is 16.0. The Hall–Kier alpha value is -4.89. The Morgan fingerprint density at radius 1 is 1.07 bits per heavy atom. The third kappa shape index (κ3) is 9.57. The van der Waals surface area contributed by atoms with Gasteiger partial charge in [-0.2, -0.15) is 0 Å². The lowest BCUT2D eigenvalue weighted by Crippen LogP contribution is -2.22. The normalized spacial score (nSPS) is 11.8. The van der Waals surface area contributed by atoms with E-state index >= 15 is 4.39 Å². The fourth-order valence-electron chi connectivity index (χ4n) is 4.13. The van der Waals surface area contributed by atoms with Gasteiger partial charge >= 0.3 is 0 Å². The van der Waals surface area contributed by atoms with E-state index < -0.39 is 5.82 Å². The second-order valence-electron chi connectivity index (χ2n) is 10.6. The third-order valence-electron chi connectivity index (χ3n) is 6.61. The number of benzene rings is 2. The van der Waals surface area contributed by atoms with Crippen LogP contribution in [-0.2, 0) is 6.42 Å². The molecule has 2 aromatic carbocycles. The SMILES string of the molecule is C#C.C=C/C=C(/c1ccc(F)cc1)c1nc(Cc2c(N)ccc(C(/C=C(\C=C)NC(=C)C(C)(C)C)=C/C)c2F)[nH]c1C.CC. The van der Waals surface area contributed by atoms with E-state index in [0.717, 1.165) is 22.5 Å². The summed E-state index contributed by atoms with van der Waals surface area (Å²) in [5.74, 6) is -0.185. The first kappa shape index (κ1) is 37.1. The van der Waals surface area contributed by atoms with Gasteiger partial charge in [0.1, 0.15) is 17.5 Å². The highest BCUT2D eigenvalue weighted by molar-refractivity contribution is 5.80. The molecule has 44 heavy (non-hydrogen) atoms. The van der Waals surface area contributed by atoms with Crippen molar-refractivity contribution in [3.63, 3.8) is 0 Å². The predicted molar refractivity (Wildman–Crippen MR) is 186 cm³/mol. The van der Waals surface area contributed by atoms with Crippen LogP contribution in [0.1, 0.15) is 75.4 Å². The molecule has 4 nitrogen and oxygen atoms in total. The Bertz CT molecular complexity index is 1560. The van der Waals surface area contributed by atoms with E-state index in [1.807, 2.05) is 45.9 Å². The minimum absolute atomic E-state index is 0.157. The molecule has 1 heterocycles. The molecule has 0 spiro atoms. The van der Waals surface area contributed by atoms with Gasteiger partial charge in [0.05, 0.1) is 5.69 Å². The molecule has 0 aliphatic heterocycles. The summed E-state index contributed by atoms with van der Waals surface area (Å²) in [7, 11) is 0. The first-order valence-electron chi connectivity index (χ1n) is 14.4. The fourth-order valence-corrected chi connectivity index (χ4v) is 4.13. The number of halogens is 2. The summed E-state index contributed by atoms with van der Waals surface area (Å²) in [6.45, 7) is 25.7. The van der Waals surface area contributed by atoms with E-state index in [2.05, 4.69) is 63.7 Å². The highest BCUT2D eigenvalue weighted by Crippen LogP contribution is 2.31. The number of terminal acetylenes is 1. The zero-order chi connectivity index (χ0) is 33.6. The van der Waals surface area contributed by atoms with E-state index in [-0.39, 0.29) is 17.7 Å². The molecular formula is C38H46F2N4. The van der Waals surface area contributed by atoms with Crippen molar-refractivity contribution in [1.29, 1.82) is 0 Å². The number of anilines is 1. The summed E-state index contributed by atoms with van der Waals surface area (Å²) in [4.78, 5) is 8.04. The maximum Gasteiger partial charge on any atom is 0.136 e.